The fourth-order valence-electron chi connectivity index (χ4n) is 3.10. The van der Waals surface area contributed by atoms with E-state index < -0.39 is 22.8 Å². The summed E-state index contributed by atoms with van der Waals surface area (Å²) in [6.07, 6.45) is 1.47. The highest BCUT2D eigenvalue weighted by molar-refractivity contribution is 6.23. The maximum absolute atomic E-state index is 13.1. The SMILES string of the molecule is COC(=O)C1=C(C)N(c2ccc([N+](=O)[O-])cc2)C(=O)C1=Cc1ccc(C(=O)O)cc1. The van der Waals surface area contributed by atoms with Gasteiger partial charge in [-0.05, 0) is 42.8 Å². The molecule has 30 heavy (non-hydrogen) atoms. The van der Waals surface area contributed by atoms with Gasteiger partial charge in [-0.3, -0.25) is 19.8 Å². The van der Waals surface area contributed by atoms with Crippen LogP contribution in [-0.2, 0) is 14.3 Å². The highest BCUT2D eigenvalue weighted by Gasteiger charge is 2.38. The molecule has 0 aromatic heterocycles. The Labute approximate surface area is 170 Å². The van der Waals surface area contributed by atoms with Gasteiger partial charge in [0.2, 0.25) is 0 Å². The number of nitro benzene ring substituents is 1. The van der Waals surface area contributed by atoms with E-state index in [1.807, 2.05) is 0 Å². The summed E-state index contributed by atoms with van der Waals surface area (Å²) >= 11 is 0. The molecule has 0 radical (unpaired) electrons. The number of nitro groups is 1. The second-order valence-corrected chi connectivity index (χ2v) is 6.35. The van der Waals surface area contributed by atoms with Crippen LogP contribution in [0.15, 0.2) is 65.4 Å². The predicted molar refractivity (Wildman–Crippen MR) is 107 cm³/mol. The average molecular weight is 408 g/mol. The zero-order valence-electron chi connectivity index (χ0n) is 16.0. The van der Waals surface area contributed by atoms with Crippen LogP contribution in [0.25, 0.3) is 6.08 Å². The average Bonchev–Trinajstić information content (AvgIpc) is 2.97. The summed E-state index contributed by atoms with van der Waals surface area (Å²) in [7, 11) is 1.20. The van der Waals surface area contributed by atoms with E-state index in [-0.39, 0.29) is 22.4 Å². The number of ether oxygens (including phenoxy) is 1. The molecular weight excluding hydrogens is 392 g/mol. The molecule has 9 nitrogen and oxygen atoms in total. The first kappa shape index (κ1) is 20.5. The second kappa shape index (κ2) is 8.00. The van der Waals surface area contributed by atoms with Crippen LogP contribution in [0.5, 0.6) is 0 Å². The molecule has 1 amide bonds. The quantitative estimate of drug-likeness (QED) is 0.348. The van der Waals surface area contributed by atoms with Gasteiger partial charge in [0, 0.05) is 23.5 Å². The number of allylic oxidation sites excluding steroid dienone is 1. The number of carbonyl (C=O) groups is 3. The van der Waals surface area contributed by atoms with Gasteiger partial charge >= 0.3 is 11.9 Å². The Hall–Kier alpha value is -4.27. The van der Waals surface area contributed by atoms with Crippen molar-refractivity contribution in [3.63, 3.8) is 0 Å². The lowest BCUT2D eigenvalue weighted by Gasteiger charge is -2.17. The van der Waals surface area contributed by atoms with Gasteiger partial charge in [0.05, 0.1) is 28.7 Å². The highest BCUT2D eigenvalue weighted by Crippen LogP contribution is 2.36. The summed E-state index contributed by atoms with van der Waals surface area (Å²) in [5, 5.41) is 19.9. The number of carboxylic acid groups (broad SMARTS) is 1. The van der Waals surface area contributed by atoms with Crippen LogP contribution in [0.4, 0.5) is 11.4 Å². The van der Waals surface area contributed by atoms with Crippen molar-refractivity contribution in [2.75, 3.05) is 12.0 Å². The Morgan fingerprint density at radius 3 is 2.20 bits per heavy atom. The van der Waals surface area contributed by atoms with Gasteiger partial charge in [0.15, 0.2) is 0 Å². The molecule has 2 aromatic carbocycles. The van der Waals surface area contributed by atoms with Gasteiger partial charge in [-0.15, -0.1) is 0 Å². The van der Waals surface area contributed by atoms with Crippen LogP contribution in [0.2, 0.25) is 0 Å². The smallest absolute Gasteiger partial charge is 0.340 e. The molecule has 0 aliphatic carbocycles. The van der Waals surface area contributed by atoms with Crippen LogP contribution in [0.3, 0.4) is 0 Å². The normalized spacial score (nSPS) is 14.9. The summed E-state index contributed by atoms with van der Waals surface area (Å²) in [6.45, 7) is 1.57. The van der Waals surface area contributed by atoms with Gasteiger partial charge in [-0.25, -0.2) is 9.59 Å². The molecule has 0 fully saturated rings. The lowest BCUT2D eigenvalue weighted by molar-refractivity contribution is -0.384. The van der Waals surface area contributed by atoms with Crippen LogP contribution < -0.4 is 4.90 Å². The molecule has 0 atom stereocenters. The molecule has 1 heterocycles. The Morgan fingerprint density at radius 1 is 1.10 bits per heavy atom. The lowest BCUT2D eigenvalue weighted by Crippen LogP contribution is -2.24. The van der Waals surface area contributed by atoms with Gasteiger partial charge in [-0.2, -0.15) is 0 Å². The largest absolute Gasteiger partial charge is 0.478 e. The first-order chi connectivity index (χ1) is 14.2. The molecule has 0 saturated heterocycles. The van der Waals surface area contributed by atoms with E-state index in [1.165, 1.54) is 66.6 Å². The molecule has 1 aliphatic rings. The van der Waals surface area contributed by atoms with E-state index in [4.69, 9.17) is 9.84 Å². The molecular formula is C21H16N2O7. The molecule has 1 N–H and O–H groups in total. The standard InChI is InChI=1S/C21H16N2O7/c1-12-18(21(27)30-2)17(11-13-3-5-14(6-4-13)20(25)26)19(24)22(12)15-7-9-16(10-8-15)23(28)29/h3-11H,1-2H3,(H,25,26). The van der Waals surface area contributed by atoms with Gasteiger partial charge in [0.25, 0.3) is 11.6 Å². The molecule has 0 unspecified atom stereocenters. The lowest BCUT2D eigenvalue weighted by atomic mass is 10.0. The van der Waals surface area contributed by atoms with Gasteiger partial charge in [0.1, 0.15) is 0 Å². The summed E-state index contributed by atoms with van der Waals surface area (Å²) in [5.74, 6) is -2.30. The number of nitrogens with zero attached hydrogens (tertiary/aromatic N) is 2. The molecule has 0 saturated carbocycles. The van der Waals surface area contributed by atoms with E-state index in [0.717, 1.165) is 0 Å². The van der Waals surface area contributed by atoms with Crippen molar-refractivity contribution in [3.05, 3.63) is 86.6 Å². The van der Waals surface area contributed by atoms with Crippen molar-refractivity contribution in [3.8, 4) is 0 Å². The van der Waals surface area contributed by atoms with Crippen molar-refractivity contribution >= 4 is 35.3 Å². The van der Waals surface area contributed by atoms with Crippen LogP contribution >= 0.6 is 0 Å². The Bertz CT molecular complexity index is 1110. The summed E-state index contributed by atoms with van der Waals surface area (Å²) in [6, 6.07) is 11.2. The number of anilines is 1. The number of hydrogen-bond donors (Lipinski definition) is 1. The molecule has 1 aliphatic heterocycles. The third kappa shape index (κ3) is 3.68. The predicted octanol–water partition coefficient (Wildman–Crippen LogP) is 3.17. The first-order valence-corrected chi connectivity index (χ1v) is 8.68. The Morgan fingerprint density at radius 2 is 1.70 bits per heavy atom. The topological polar surface area (TPSA) is 127 Å². The van der Waals surface area contributed by atoms with Crippen LogP contribution in [-0.4, -0.2) is 35.0 Å². The fourth-order valence-corrected chi connectivity index (χ4v) is 3.10. The van der Waals surface area contributed by atoms with Gasteiger partial charge in [-0.1, -0.05) is 12.1 Å². The monoisotopic (exact) mass is 408 g/mol. The van der Waals surface area contributed by atoms with Crippen molar-refractivity contribution in [1.82, 2.24) is 0 Å². The molecule has 2 aromatic rings. The van der Waals surface area contributed by atoms with E-state index in [1.54, 1.807) is 6.92 Å². The second-order valence-electron chi connectivity index (χ2n) is 6.35. The fraction of sp³-hybridized carbons (Fsp3) is 0.0952. The maximum atomic E-state index is 13.1. The van der Waals surface area contributed by atoms with Crippen molar-refractivity contribution in [2.24, 2.45) is 0 Å². The van der Waals surface area contributed by atoms with Crippen molar-refractivity contribution in [1.29, 1.82) is 0 Å². The van der Waals surface area contributed by atoms with Crippen LogP contribution in [0, 0.1) is 10.1 Å². The number of benzene rings is 2. The number of methoxy groups -OCH3 is 1. The minimum absolute atomic E-state index is 0.0585. The summed E-state index contributed by atoms with van der Waals surface area (Å²) in [5.41, 5.74) is 1.27. The van der Waals surface area contributed by atoms with Gasteiger partial charge < -0.3 is 9.84 Å². The van der Waals surface area contributed by atoms with E-state index >= 15 is 0 Å². The number of rotatable bonds is 5. The number of aromatic carboxylic acids is 1. The zero-order valence-corrected chi connectivity index (χ0v) is 16.0. The Kier molecular flexibility index (Phi) is 5.45. The third-order valence-corrected chi connectivity index (χ3v) is 4.58. The highest BCUT2D eigenvalue weighted by atomic mass is 16.6. The molecule has 9 heteroatoms. The first-order valence-electron chi connectivity index (χ1n) is 8.68. The van der Waals surface area contributed by atoms with Crippen molar-refractivity contribution in [2.45, 2.75) is 6.92 Å². The molecule has 152 valence electrons. The molecule has 0 spiro atoms. The Balaban J connectivity index is 2.07. The van der Waals surface area contributed by atoms with E-state index in [2.05, 4.69) is 0 Å². The number of amides is 1. The van der Waals surface area contributed by atoms with E-state index in [9.17, 15) is 24.5 Å². The third-order valence-electron chi connectivity index (χ3n) is 4.58. The molecule has 0 bridgehead atoms. The number of carbonyl (C=O) groups excluding carboxylic acids is 2. The maximum Gasteiger partial charge on any atom is 0.340 e. The number of esters is 1. The number of non-ortho nitro benzene ring substituents is 1. The number of hydrogen-bond acceptors (Lipinski definition) is 6. The van der Waals surface area contributed by atoms with E-state index in [0.29, 0.717) is 16.9 Å². The van der Waals surface area contributed by atoms with Crippen molar-refractivity contribution < 1.29 is 29.2 Å². The summed E-state index contributed by atoms with van der Waals surface area (Å²) in [4.78, 5) is 48.1. The minimum Gasteiger partial charge on any atom is -0.478 e. The summed E-state index contributed by atoms with van der Waals surface area (Å²) < 4.78 is 4.82. The minimum atomic E-state index is -1.08. The number of carboxylic acids is 1. The zero-order chi connectivity index (χ0) is 22.0. The molecule has 3 rings (SSSR count). The van der Waals surface area contributed by atoms with Crippen LogP contribution in [0.1, 0.15) is 22.8 Å².